The van der Waals surface area contributed by atoms with Gasteiger partial charge >= 0.3 is 5.97 Å². The third-order valence-electron chi connectivity index (χ3n) is 2.16. The van der Waals surface area contributed by atoms with Crippen LogP contribution in [0.2, 0.25) is 0 Å². The largest absolute Gasteiger partial charge is 0.480 e. The minimum absolute atomic E-state index is 0.0589. The van der Waals surface area contributed by atoms with Crippen molar-refractivity contribution < 1.29 is 9.90 Å². The van der Waals surface area contributed by atoms with Gasteiger partial charge in [-0.2, -0.15) is 0 Å². The third-order valence-corrected chi connectivity index (χ3v) is 2.33. The molecule has 0 amide bonds. The first-order chi connectivity index (χ1) is 5.86. The predicted octanol–water partition coefficient (Wildman–Crippen LogP) is 0.456. The smallest absolute Gasteiger partial charge is 0.320 e. The molecule has 0 heterocycles. The lowest BCUT2D eigenvalue weighted by molar-refractivity contribution is -0.142. The SMILES string of the molecule is CC(CC(N)=S)N(C)C(C)C(=O)O. The van der Waals surface area contributed by atoms with E-state index in [1.165, 1.54) is 0 Å². The minimum atomic E-state index is -0.836. The van der Waals surface area contributed by atoms with Gasteiger partial charge in [-0.1, -0.05) is 12.2 Å². The highest BCUT2D eigenvalue weighted by atomic mass is 32.1. The first-order valence-corrected chi connectivity index (χ1v) is 4.50. The van der Waals surface area contributed by atoms with Gasteiger partial charge < -0.3 is 10.8 Å². The van der Waals surface area contributed by atoms with Crippen LogP contribution in [0.15, 0.2) is 0 Å². The summed E-state index contributed by atoms with van der Waals surface area (Å²) in [5, 5.41) is 8.73. The first-order valence-electron chi connectivity index (χ1n) is 4.09. The van der Waals surface area contributed by atoms with Gasteiger partial charge in [0.25, 0.3) is 0 Å². The third kappa shape index (κ3) is 4.19. The Bertz CT molecular complexity index is 208. The summed E-state index contributed by atoms with van der Waals surface area (Å²) >= 11 is 4.75. The Morgan fingerprint density at radius 3 is 2.38 bits per heavy atom. The maximum Gasteiger partial charge on any atom is 0.320 e. The Morgan fingerprint density at radius 2 is 2.08 bits per heavy atom. The Morgan fingerprint density at radius 1 is 1.62 bits per heavy atom. The molecule has 2 unspecified atom stereocenters. The van der Waals surface area contributed by atoms with Gasteiger partial charge in [0.2, 0.25) is 0 Å². The average Bonchev–Trinajstić information content (AvgIpc) is 2.00. The zero-order valence-corrected chi connectivity index (χ0v) is 8.97. The van der Waals surface area contributed by atoms with E-state index < -0.39 is 12.0 Å². The van der Waals surface area contributed by atoms with E-state index in [4.69, 9.17) is 23.1 Å². The van der Waals surface area contributed by atoms with Crippen molar-refractivity contribution in [2.45, 2.75) is 32.4 Å². The van der Waals surface area contributed by atoms with Crippen molar-refractivity contribution in [3.63, 3.8) is 0 Å². The van der Waals surface area contributed by atoms with Crippen molar-refractivity contribution in [3.05, 3.63) is 0 Å². The van der Waals surface area contributed by atoms with Crippen LogP contribution in [0, 0.1) is 0 Å². The molecule has 0 aliphatic carbocycles. The predicted molar refractivity (Wildman–Crippen MR) is 55.7 cm³/mol. The fourth-order valence-electron chi connectivity index (χ4n) is 0.991. The molecule has 13 heavy (non-hydrogen) atoms. The normalized spacial score (nSPS) is 15.4. The molecule has 0 aliphatic heterocycles. The van der Waals surface area contributed by atoms with Crippen LogP contribution in [0.25, 0.3) is 0 Å². The van der Waals surface area contributed by atoms with E-state index in [2.05, 4.69) is 0 Å². The van der Waals surface area contributed by atoms with E-state index in [0.29, 0.717) is 11.4 Å². The molecular formula is C8H16N2O2S. The van der Waals surface area contributed by atoms with Crippen LogP contribution in [0.5, 0.6) is 0 Å². The molecule has 2 atom stereocenters. The molecule has 0 aromatic rings. The highest BCUT2D eigenvalue weighted by Gasteiger charge is 2.21. The molecular weight excluding hydrogens is 188 g/mol. The van der Waals surface area contributed by atoms with Crippen molar-refractivity contribution in [3.8, 4) is 0 Å². The summed E-state index contributed by atoms with van der Waals surface area (Å²) in [7, 11) is 1.75. The molecule has 0 rings (SSSR count). The number of likely N-dealkylation sites (N-methyl/N-ethyl adjacent to an activating group) is 1. The standard InChI is InChI=1S/C8H16N2O2S/c1-5(4-7(9)13)10(3)6(2)8(11)12/h5-6H,4H2,1-3H3,(H2,9,13)(H,11,12). The van der Waals surface area contributed by atoms with E-state index in [1.54, 1.807) is 18.9 Å². The minimum Gasteiger partial charge on any atom is -0.480 e. The number of thiocarbonyl (C=S) groups is 1. The Kier molecular flexibility index (Phi) is 4.87. The number of nitrogens with zero attached hydrogens (tertiary/aromatic N) is 1. The maximum atomic E-state index is 10.6. The zero-order valence-electron chi connectivity index (χ0n) is 8.15. The lowest BCUT2D eigenvalue weighted by Gasteiger charge is -2.27. The van der Waals surface area contributed by atoms with E-state index in [9.17, 15) is 4.79 Å². The highest BCUT2D eigenvalue weighted by Crippen LogP contribution is 2.06. The van der Waals surface area contributed by atoms with Gasteiger partial charge in [-0.3, -0.25) is 9.69 Å². The maximum absolute atomic E-state index is 10.6. The first kappa shape index (κ1) is 12.3. The molecule has 5 heteroatoms. The van der Waals surface area contributed by atoms with Gasteiger partial charge in [0.15, 0.2) is 0 Å². The van der Waals surface area contributed by atoms with Crippen LogP contribution in [-0.2, 0) is 4.79 Å². The molecule has 76 valence electrons. The van der Waals surface area contributed by atoms with Gasteiger partial charge in [0.1, 0.15) is 6.04 Å². The van der Waals surface area contributed by atoms with Crippen LogP contribution in [0.3, 0.4) is 0 Å². The molecule has 0 fully saturated rings. The summed E-state index contributed by atoms with van der Waals surface area (Å²) in [6, 6.07) is -0.451. The van der Waals surface area contributed by atoms with Gasteiger partial charge in [-0.25, -0.2) is 0 Å². The Labute approximate surface area is 83.7 Å². The van der Waals surface area contributed by atoms with Crippen molar-refractivity contribution in [2.75, 3.05) is 7.05 Å². The summed E-state index contributed by atoms with van der Waals surface area (Å²) < 4.78 is 0. The van der Waals surface area contributed by atoms with Crippen LogP contribution >= 0.6 is 12.2 Å². The lowest BCUT2D eigenvalue weighted by atomic mass is 10.1. The second kappa shape index (κ2) is 5.14. The number of aliphatic carboxylic acids is 1. The molecule has 0 saturated carbocycles. The van der Waals surface area contributed by atoms with Gasteiger partial charge in [-0.05, 0) is 20.9 Å². The molecule has 4 nitrogen and oxygen atoms in total. The lowest BCUT2D eigenvalue weighted by Crippen LogP contribution is -2.43. The molecule has 0 spiro atoms. The highest BCUT2D eigenvalue weighted by molar-refractivity contribution is 7.80. The second-order valence-corrected chi connectivity index (χ2v) is 3.72. The fourth-order valence-corrected chi connectivity index (χ4v) is 1.23. The van der Waals surface area contributed by atoms with Crippen LogP contribution in [0.4, 0.5) is 0 Å². The van der Waals surface area contributed by atoms with E-state index in [0.717, 1.165) is 0 Å². The summed E-state index contributed by atoms with van der Waals surface area (Å²) in [5.41, 5.74) is 5.36. The summed E-state index contributed by atoms with van der Waals surface area (Å²) in [6.45, 7) is 3.54. The topological polar surface area (TPSA) is 66.6 Å². The summed E-state index contributed by atoms with van der Waals surface area (Å²) in [4.78, 5) is 12.8. The van der Waals surface area contributed by atoms with Gasteiger partial charge in [0.05, 0.1) is 4.99 Å². The Hall–Kier alpha value is -0.680. The van der Waals surface area contributed by atoms with E-state index in [-0.39, 0.29) is 6.04 Å². The number of carboxylic acids is 1. The number of nitrogens with two attached hydrogens (primary N) is 1. The molecule has 0 saturated heterocycles. The number of carbonyl (C=O) groups is 1. The molecule has 3 N–H and O–H groups in total. The quantitative estimate of drug-likeness (QED) is 0.637. The van der Waals surface area contributed by atoms with Gasteiger partial charge in [-0.15, -0.1) is 0 Å². The van der Waals surface area contributed by atoms with Crippen LogP contribution in [-0.4, -0.2) is 40.1 Å². The second-order valence-electron chi connectivity index (χ2n) is 3.20. The van der Waals surface area contributed by atoms with Crippen LogP contribution < -0.4 is 5.73 Å². The van der Waals surface area contributed by atoms with Gasteiger partial charge in [0, 0.05) is 12.5 Å². The molecule has 0 radical (unpaired) electrons. The number of carboxylic acid groups (broad SMARTS) is 1. The average molecular weight is 204 g/mol. The number of rotatable bonds is 5. The number of hydrogen-bond acceptors (Lipinski definition) is 3. The molecule has 0 bridgehead atoms. The molecule has 0 aromatic heterocycles. The van der Waals surface area contributed by atoms with Crippen molar-refractivity contribution >= 4 is 23.2 Å². The zero-order chi connectivity index (χ0) is 10.6. The molecule has 0 aromatic carbocycles. The van der Waals surface area contributed by atoms with Crippen LogP contribution in [0.1, 0.15) is 20.3 Å². The summed E-state index contributed by atoms with van der Waals surface area (Å²) in [6.07, 6.45) is 0.545. The van der Waals surface area contributed by atoms with E-state index in [1.807, 2.05) is 6.92 Å². The Balaban J connectivity index is 4.16. The molecule has 0 aliphatic rings. The monoisotopic (exact) mass is 204 g/mol. The van der Waals surface area contributed by atoms with Crippen molar-refractivity contribution in [1.82, 2.24) is 4.90 Å². The van der Waals surface area contributed by atoms with E-state index >= 15 is 0 Å². The number of hydrogen-bond donors (Lipinski definition) is 2. The summed E-state index contributed by atoms with van der Waals surface area (Å²) in [5.74, 6) is -0.836. The van der Waals surface area contributed by atoms with Crippen molar-refractivity contribution in [2.24, 2.45) is 5.73 Å². The van der Waals surface area contributed by atoms with Crippen molar-refractivity contribution in [1.29, 1.82) is 0 Å². The fraction of sp³-hybridized carbons (Fsp3) is 0.750.